The summed E-state index contributed by atoms with van der Waals surface area (Å²) in [7, 11) is 0. The Morgan fingerprint density at radius 2 is 1.69 bits per heavy atom. The van der Waals surface area contributed by atoms with Gasteiger partial charge in [-0.1, -0.05) is 35.5 Å². The zero-order chi connectivity index (χ0) is 30.4. The summed E-state index contributed by atoms with van der Waals surface area (Å²) < 4.78 is 5.68. The Balaban J connectivity index is 1.28. The van der Waals surface area contributed by atoms with E-state index < -0.39 is 42.1 Å². The minimum absolute atomic E-state index is 0.00378. The number of amidine groups is 1. The maximum Gasteiger partial charge on any atom is 0.354 e. The first-order valence-corrected chi connectivity index (χ1v) is 13.3. The molecule has 0 aromatic heterocycles. The van der Waals surface area contributed by atoms with Crippen LogP contribution in [-0.4, -0.2) is 93.6 Å². The topological polar surface area (TPSA) is 216 Å². The lowest BCUT2D eigenvalue weighted by Crippen LogP contribution is -2.52. The average molecular weight is 581 g/mol. The summed E-state index contributed by atoms with van der Waals surface area (Å²) in [6, 6.07) is 12.1. The number of carboxylic acid groups (broad SMARTS) is 1. The van der Waals surface area contributed by atoms with E-state index in [0.717, 1.165) is 0 Å². The van der Waals surface area contributed by atoms with Crippen LogP contribution in [0, 0.1) is 0 Å². The van der Waals surface area contributed by atoms with Crippen LogP contribution in [0.4, 0.5) is 5.69 Å². The van der Waals surface area contributed by atoms with E-state index in [1.54, 1.807) is 36.1 Å². The number of aliphatic hydroxyl groups excluding tert-OH is 1. The normalized spacial score (nSPS) is 18.4. The van der Waals surface area contributed by atoms with E-state index in [1.807, 2.05) is 0 Å². The number of hydrogen-bond donors (Lipinski definition) is 6. The highest BCUT2D eigenvalue weighted by molar-refractivity contribution is 6.42. The molecular weight excluding hydrogens is 548 g/mol. The molecule has 2 heterocycles. The standard InChI is InChI=1S/C28H32N6O8/c1-15(30-24(36)17-8-6-16(7-9-17)23(29)33-41)27(38)34-12-10-18(11-13-34)42-26(28(39)40)32-25(37)22-20(14-35)19-4-2-3-5-21(19)31-22/h2-9,15,18,20,26,35,41H,10-14H2,1H3,(H2,29,33)(H,30,36)(H,32,37)(H,39,40). The van der Waals surface area contributed by atoms with Crippen molar-refractivity contribution in [3.8, 4) is 0 Å². The van der Waals surface area contributed by atoms with Crippen LogP contribution in [0.5, 0.6) is 0 Å². The number of para-hydroxylation sites is 1. The maximum absolute atomic E-state index is 13.0. The van der Waals surface area contributed by atoms with Crippen molar-refractivity contribution in [2.45, 2.75) is 44.1 Å². The van der Waals surface area contributed by atoms with Crippen molar-refractivity contribution in [3.63, 3.8) is 0 Å². The van der Waals surface area contributed by atoms with Crippen LogP contribution in [0.2, 0.25) is 0 Å². The number of aliphatic carboxylic acids is 1. The lowest BCUT2D eigenvalue weighted by molar-refractivity contribution is -0.162. The number of aliphatic imine (C=N–C) groups is 1. The van der Waals surface area contributed by atoms with Crippen molar-refractivity contribution >= 4 is 40.9 Å². The number of amides is 3. The molecule has 14 nitrogen and oxygen atoms in total. The first-order chi connectivity index (χ1) is 20.1. The second-order valence-electron chi connectivity index (χ2n) is 9.90. The molecule has 0 saturated carbocycles. The molecule has 4 rings (SSSR count). The van der Waals surface area contributed by atoms with Gasteiger partial charge in [0.2, 0.25) is 12.1 Å². The summed E-state index contributed by atoms with van der Waals surface area (Å²) in [6.45, 7) is 1.71. The first kappa shape index (κ1) is 30.1. The van der Waals surface area contributed by atoms with E-state index >= 15 is 0 Å². The third-order valence-electron chi connectivity index (χ3n) is 7.14. The molecule has 0 bridgehead atoms. The number of hydrogen-bond acceptors (Lipinski definition) is 9. The molecule has 3 amide bonds. The van der Waals surface area contributed by atoms with Crippen molar-refractivity contribution < 1.29 is 39.3 Å². The molecule has 42 heavy (non-hydrogen) atoms. The van der Waals surface area contributed by atoms with Crippen LogP contribution in [0.25, 0.3) is 0 Å². The number of fused-ring (bicyclic) bond motifs is 1. The molecule has 1 saturated heterocycles. The molecule has 3 atom stereocenters. The van der Waals surface area contributed by atoms with E-state index in [9.17, 15) is 29.4 Å². The molecule has 0 aliphatic carbocycles. The third kappa shape index (κ3) is 6.72. The summed E-state index contributed by atoms with van der Waals surface area (Å²) >= 11 is 0. The van der Waals surface area contributed by atoms with Gasteiger partial charge in [0.1, 0.15) is 11.8 Å². The molecular formula is C28H32N6O8. The first-order valence-electron chi connectivity index (χ1n) is 13.3. The van der Waals surface area contributed by atoms with Crippen LogP contribution in [0.3, 0.4) is 0 Å². The van der Waals surface area contributed by atoms with Gasteiger partial charge in [-0.15, -0.1) is 0 Å². The van der Waals surface area contributed by atoms with E-state index in [2.05, 4.69) is 20.8 Å². The Hall–Kier alpha value is -4.82. The highest BCUT2D eigenvalue weighted by Crippen LogP contribution is 2.35. The summed E-state index contributed by atoms with van der Waals surface area (Å²) in [5.41, 5.74) is 7.46. The number of aliphatic hydroxyl groups is 1. The van der Waals surface area contributed by atoms with Gasteiger partial charge in [0.05, 0.1) is 24.3 Å². The van der Waals surface area contributed by atoms with Crippen LogP contribution in [-0.2, 0) is 19.1 Å². The smallest absolute Gasteiger partial charge is 0.354 e. The molecule has 0 spiro atoms. The van der Waals surface area contributed by atoms with Crippen LogP contribution in [0.1, 0.15) is 47.2 Å². The van der Waals surface area contributed by atoms with E-state index in [4.69, 9.17) is 15.7 Å². The average Bonchev–Trinajstić information content (AvgIpc) is 3.39. The van der Waals surface area contributed by atoms with Crippen molar-refractivity contribution in [2.75, 3.05) is 19.7 Å². The van der Waals surface area contributed by atoms with Gasteiger partial charge in [-0.3, -0.25) is 14.4 Å². The summed E-state index contributed by atoms with van der Waals surface area (Å²) in [6.07, 6.45) is -1.58. The molecule has 14 heteroatoms. The monoisotopic (exact) mass is 580 g/mol. The highest BCUT2D eigenvalue weighted by atomic mass is 16.5. The van der Waals surface area contributed by atoms with E-state index in [1.165, 1.54) is 24.3 Å². The van der Waals surface area contributed by atoms with E-state index in [-0.39, 0.29) is 42.7 Å². The summed E-state index contributed by atoms with van der Waals surface area (Å²) in [4.78, 5) is 56.2. The number of rotatable bonds is 10. The number of oxime groups is 1. The minimum atomic E-state index is -1.65. The molecule has 2 aliphatic rings. The number of piperidine rings is 1. The number of benzene rings is 2. The molecule has 3 unspecified atom stereocenters. The summed E-state index contributed by atoms with van der Waals surface area (Å²) in [5.74, 6) is -3.71. The van der Waals surface area contributed by atoms with Gasteiger partial charge in [-0.25, -0.2) is 9.79 Å². The SMILES string of the molecule is CC(NC(=O)c1ccc(/C(N)=N/O)cc1)C(=O)N1CCC(OC(NC(=O)C2=Nc3ccccc3C2CO)C(=O)O)CC1. The maximum atomic E-state index is 13.0. The Morgan fingerprint density at radius 3 is 2.31 bits per heavy atom. The Labute approximate surface area is 240 Å². The Bertz CT molecular complexity index is 1400. The van der Waals surface area contributed by atoms with Gasteiger partial charge in [-0.2, -0.15) is 0 Å². The highest BCUT2D eigenvalue weighted by Gasteiger charge is 2.35. The fraction of sp³-hybridized carbons (Fsp3) is 0.357. The van der Waals surface area contributed by atoms with Gasteiger partial charge >= 0.3 is 5.97 Å². The Kier molecular flexibility index (Phi) is 9.49. The molecule has 0 radical (unpaired) electrons. The molecule has 2 aliphatic heterocycles. The quantitative estimate of drug-likeness (QED) is 0.0747. The van der Waals surface area contributed by atoms with Gasteiger partial charge in [0.25, 0.3) is 11.8 Å². The van der Waals surface area contributed by atoms with Gasteiger partial charge < -0.3 is 41.4 Å². The number of likely N-dealkylation sites (tertiary alicyclic amines) is 1. The number of nitrogens with two attached hydrogens (primary N) is 1. The van der Waals surface area contributed by atoms with Gasteiger partial charge in [0.15, 0.2) is 5.84 Å². The molecule has 2 aromatic rings. The van der Waals surface area contributed by atoms with Crippen molar-refractivity contribution in [1.29, 1.82) is 0 Å². The number of carbonyl (C=O) groups excluding carboxylic acids is 3. The van der Waals surface area contributed by atoms with Gasteiger partial charge in [-0.05, 0) is 43.5 Å². The number of nitrogens with zero attached hydrogens (tertiary/aromatic N) is 3. The largest absolute Gasteiger partial charge is 0.478 e. The second-order valence-corrected chi connectivity index (χ2v) is 9.90. The second kappa shape index (κ2) is 13.2. The van der Waals surface area contributed by atoms with Gasteiger partial charge in [0, 0.05) is 24.2 Å². The zero-order valence-corrected chi connectivity index (χ0v) is 22.8. The molecule has 2 aromatic carbocycles. The fourth-order valence-electron chi connectivity index (χ4n) is 4.85. The number of nitrogens with one attached hydrogen (secondary N) is 2. The van der Waals surface area contributed by atoms with Crippen molar-refractivity contribution in [3.05, 3.63) is 65.2 Å². The van der Waals surface area contributed by atoms with Crippen molar-refractivity contribution in [2.24, 2.45) is 15.9 Å². The predicted molar refractivity (Wildman–Crippen MR) is 149 cm³/mol. The van der Waals surface area contributed by atoms with Crippen molar-refractivity contribution in [1.82, 2.24) is 15.5 Å². The van der Waals surface area contributed by atoms with Crippen LogP contribution in [0.15, 0.2) is 58.7 Å². The number of ether oxygens (including phenoxy) is 1. The lowest BCUT2D eigenvalue weighted by atomic mass is 9.96. The van der Waals surface area contributed by atoms with Crippen LogP contribution < -0.4 is 16.4 Å². The summed E-state index contributed by atoms with van der Waals surface area (Å²) in [5, 5.41) is 36.1. The lowest BCUT2D eigenvalue weighted by Gasteiger charge is -2.34. The third-order valence-corrected chi connectivity index (χ3v) is 7.14. The molecule has 1 fully saturated rings. The Morgan fingerprint density at radius 1 is 1.05 bits per heavy atom. The fourth-order valence-corrected chi connectivity index (χ4v) is 4.85. The molecule has 222 valence electrons. The predicted octanol–water partition coefficient (Wildman–Crippen LogP) is 0.296. The number of carbonyl (C=O) groups is 4. The zero-order valence-electron chi connectivity index (χ0n) is 22.8. The molecule has 7 N–H and O–H groups in total. The minimum Gasteiger partial charge on any atom is -0.478 e. The van der Waals surface area contributed by atoms with E-state index in [0.29, 0.717) is 29.7 Å². The van der Waals surface area contributed by atoms with Crippen LogP contribution >= 0.6 is 0 Å². The number of carboxylic acids is 1.